The third kappa shape index (κ3) is 3.46. The Labute approximate surface area is 117 Å². The van der Waals surface area contributed by atoms with E-state index in [1.165, 1.54) is 0 Å². The highest BCUT2D eigenvalue weighted by atomic mass is 16.8. The van der Waals surface area contributed by atoms with Crippen molar-refractivity contribution in [1.29, 1.82) is 0 Å². The maximum atomic E-state index is 11.5. The number of hydrogen-bond acceptors (Lipinski definition) is 6. The normalized spacial score (nSPS) is 30.3. The molecule has 0 saturated carbocycles. The molecule has 0 N–H and O–H groups in total. The summed E-state index contributed by atoms with van der Waals surface area (Å²) in [5, 5.41) is 0. The summed E-state index contributed by atoms with van der Waals surface area (Å²) in [7, 11) is 0. The minimum absolute atomic E-state index is 0.00664. The lowest BCUT2D eigenvalue weighted by Crippen LogP contribution is -2.29. The Morgan fingerprint density at radius 1 is 1.25 bits per heavy atom. The van der Waals surface area contributed by atoms with E-state index in [0.29, 0.717) is 18.6 Å². The lowest BCUT2D eigenvalue weighted by molar-refractivity contribution is -0.144. The Bertz CT molecular complexity index is 464. The molecule has 6 nitrogen and oxygen atoms in total. The SMILES string of the molecule is C=C(C)C(=O)OCC1(CC2CO2)OC1OC(=O)C(=C)C. The standard InChI is InChI=1S/C14H18O6/c1-8(2)11(15)18-7-14(5-10-6-17-10)13(20-14)19-12(16)9(3)4/h10,13H,1,3,5-7H2,2,4H3. The molecule has 20 heavy (non-hydrogen) atoms. The van der Waals surface area contributed by atoms with Crippen LogP contribution < -0.4 is 0 Å². The van der Waals surface area contributed by atoms with E-state index in [-0.39, 0.29) is 18.3 Å². The average Bonchev–Trinajstić information content (AvgIpc) is 3.27. The van der Waals surface area contributed by atoms with Gasteiger partial charge in [-0.3, -0.25) is 0 Å². The first-order valence-corrected chi connectivity index (χ1v) is 6.32. The van der Waals surface area contributed by atoms with Gasteiger partial charge in [0.1, 0.15) is 6.61 Å². The van der Waals surface area contributed by atoms with Crippen molar-refractivity contribution >= 4 is 11.9 Å². The van der Waals surface area contributed by atoms with Gasteiger partial charge in [-0.2, -0.15) is 0 Å². The van der Waals surface area contributed by atoms with Crippen molar-refractivity contribution in [3.05, 3.63) is 24.3 Å². The van der Waals surface area contributed by atoms with E-state index in [1.54, 1.807) is 13.8 Å². The molecule has 0 radical (unpaired) electrons. The number of epoxide rings is 2. The molecule has 3 atom stereocenters. The zero-order chi connectivity index (χ0) is 14.9. The zero-order valence-corrected chi connectivity index (χ0v) is 11.6. The van der Waals surface area contributed by atoms with E-state index < -0.39 is 23.8 Å². The van der Waals surface area contributed by atoms with Gasteiger partial charge in [0.15, 0.2) is 5.60 Å². The van der Waals surface area contributed by atoms with Crippen LogP contribution in [0.5, 0.6) is 0 Å². The Morgan fingerprint density at radius 3 is 2.35 bits per heavy atom. The summed E-state index contributed by atoms with van der Waals surface area (Å²) in [6, 6.07) is 0. The molecule has 0 aliphatic carbocycles. The van der Waals surface area contributed by atoms with Gasteiger partial charge in [-0.15, -0.1) is 0 Å². The molecular weight excluding hydrogens is 264 g/mol. The molecular formula is C14H18O6. The second-order valence-electron chi connectivity index (χ2n) is 5.22. The molecule has 0 aromatic carbocycles. The zero-order valence-electron chi connectivity index (χ0n) is 11.6. The third-order valence-corrected chi connectivity index (χ3v) is 3.05. The van der Waals surface area contributed by atoms with Gasteiger partial charge in [-0.1, -0.05) is 13.2 Å². The fraction of sp³-hybridized carbons (Fsp3) is 0.571. The molecule has 2 saturated heterocycles. The minimum atomic E-state index is -0.808. The van der Waals surface area contributed by atoms with E-state index >= 15 is 0 Å². The van der Waals surface area contributed by atoms with Crippen LogP contribution in [0.25, 0.3) is 0 Å². The van der Waals surface area contributed by atoms with Gasteiger partial charge >= 0.3 is 11.9 Å². The van der Waals surface area contributed by atoms with Crippen LogP contribution in [-0.2, 0) is 28.5 Å². The molecule has 0 aromatic rings. The third-order valence-electron chi connectivity index (χ3n) is 3.05. The average molecular weight is 282 g/mol. The monoisotopic (exact) mass is 282 g/mol. The highest BCUT2D eigenvalue weighted by molar-refractivity contribution is 5.87. The van der Waals surface area contributed by atoms with Crippen LogP contribution in [-0.4, -0.2) is 43.1 Å². The van der Waals surface area contributed by atoms with Gasteiger partial charge in [-0.25, -0.2) is 9.59 Å². The summed E-state index contributed by atoms with van der Waals surface area (Å²) in [5.41, 5.74) is -0.216. The Balaban J connectivity index is 1.91. The molecule has 0 spiro atoms. The van der Waals surface area contributed by atoms with Crippen molar-refractivity contribution in [3.8, 4) is 0 Å². The maximum Gasteiger partial charge on any atom is 0.335 e. The number of rotatable bonds is 7. The summed E-state index contributed by atoms with van der Waals surface area (Å²) < 4.78 is 20.8. The van der Waals surface area contributed by atoms with E-state index in [2.05, 4.69) is 13.2 Å². The molecule has 2 rings (SSSR count). The quantitative estimate of drug-likeness (QED) is 0.395. The first kappa shape index (κ1) is 14.7. The fourth-order valence-electron chi connectivity index (χ4n) is 1.70. The number of carbonyl (C=O) groups is 2. The Hall–Kier alpha value is -1.66. The number of hydrogen-bond donors (Lipinski definition) is 0. The van der Waals surface area contributed by atoms with Crippen molar-refractivity contribution in [1.82, 2.24) is 0 Å². The Morgan fingerprint density at radius 2 is 1.85 bits per heavy atom. The molecule has 3 unspecified atom stereocenters. The van der Waals surface area contributed by atoms with Crippen LogP contribution >= 0.6 is 0 Å². The fourth-order valence-corrected chi connectivity index (χ4v) is 1.70. The highest BCUT2D eigenvalue weighted by Gasteiger charge is 2.63. The second-order valence-corrected chi connectivity index (χ2v) is 5.22. The van der Waals surface area contributed by atoms with Crippen LogP contribution in [0.1, 0.15) is 20.3 Å². The number of carbonyl (C=O) groups excluding carboxylic acids is 2. The summed E-state index contributed by atoms with van der Waals surface area (Å²) in [6.45, 7) is 10.8. The van der Waals surface area contributed by atoms with Gasteiger partial charge in [0.2, 0.25) is 6.29 Å². The summed E-state index contributed by atoms with van der Waals surface area (Å²) >= 11 is 0. The van der Waals surface area contributed by atoms with Crippen molar-refractivity contribution < 1.29 is 28.5 Å². The maximum absolute atomic E-state index is 11.5. The molecule has 0 amide bonds. The molecule has 2 aliphatic rings. The number of ether oxygens (including phenoxy) is 4. The van der Waals surface area contributed by atoms with Crippen molar-refractivity contribution in [2.45, 2.75) is 38.3 Å². The van der Waals surface area contributed by atoms with E-state index in [0.717, 1.165) is 0 Å². The van der Waals surface area contributed by atoms with E-state index in [1.807, 2.05) is 0 Å². The minimum Gasteiger partial charge on any atom is -0.459 e. The van der Waals surface area contributed by atoms with Crippen molar-refractivity contribution in [3.63, 3.8) is 0 Å². The predicted molar refractivity (Wildman–Crippen MR) is 68.6 cm³/mol. The molecule has 0 aromatic heterocycles. The van der Waals surface area contributed by atoms with E-state index in [4.69, 9.17) is 18.9 Å². The molecule has 0 bridgehead atoms. The van der Waals surface area contributed by atoms with Gasteiger partial charge < -0.3 is 18.9 Å². The van der Waals surface area contributed by atoms with Crippen LogP contribution in [0.15, 0.2) is 24.3 Å². The lowest BCUT2D eigenvalue weighted by Gasteiger charge is -2.12. The van der Waals surface area contributed by atoms with Crippen LogP contribution in [0.2, 0.25) is 0 Å². The molecule has 110 valence electrons. The first-order valence-electron chi connectivity index (χ1n) is 6.32. The predicted octanol–water partition coefficient (Wildman–Crippen LogP) is 1.11. The second kappa shape index (κ2) is 5.38. The van der Waals surface area contributed by atoms with Gasteiger partial charge in [0.25, 0.3) is 0 Å². The van der Waals surface area contributed by atoms with Crippen LogP contribution in [0, 0.1) is 0 Å². The summed E-state index contributed by atoms with van der Waals surface area (Å²) in [5.74, 6) is -1.03. The molecule has 2 heterocycles. The van der Waals surface area contributed by atoms with Crippen LogP contribution in [0.3, 0.4) is 0 Å². The molecule has 2 aliphatic heterocycles. The van der Waals surface area contributed by atoms with Gasteiger partial charge in [-0.05, 0) is 13.8 Å². The molecule has 6 heteroatoms. The molecule has 2 fully saturated rings. The largest absolute Gasteiger partial charge is 0.459 e. The van der Waals surface area contributed by atoms with E-state index in [9.17, 15) is 9.59 Å². The number of esters is 2. The van der Waals surface area contributed by atoms with Crippen LogP contribution in [0.4, 0.5) is 0 Å². The van der Waals surface area contributed by atoms with Gasteiger partial charge in [0.05, 0.1) is 12.7 Å². The van der Waals surface area contributed by atoms with Crippen molar-refractivity contribution in [2.75, 3.05) is 13.2 Å². The first-order chi connectivity index (χ1) is 9.34. The summed E-state index contributed by atoms with van der Waals surface area (Å²) in [6.07, 6.45) is -0.147. The Kier molecular flexibility index (Phi) is 3.96. The highest BCUT2D eigenvalue weighted by Crippen LogP contribution is 2.44. The smallest absolute Gasteiger partial charge is 0.335 e. The lowest BCUT2D eigenvalue weighted by atomic mass is 10.0. The topological polar surface area (TPSA) is 77.7 Å². The van der Waals surface area contributed by atoms with Crippen molar-refractivity contribution in [2.24, 2.45) is 0 Å². The summed E-state index contributed by atoms with van der Waals surface area (Å²) in [4.78, 5) is 22.9. The van der Waals surface area contributed by atoms with Gasteiger partial charge in [0, 0.05) is 17.6 Å².